The van der Waals surface area contributed by atoms with Gasteiger partial charge in [-0.3, -0.25) is 4.79 Å². The number of pyridine rings is 2. The number of fused-ring (bicyclic) bond motifs is 2. The average molecular weight is 479 g/mol. The highest BCUT2D eigenvalue weighted by molar-refractivity contribution is 6.04. The molecule has 1 amide bonds. The summed E-state index contributed by atoms with van der Waals surface area (Å²) in [6.45, 7) is 5.38. The molecule has 1 saturated carbocycles. The van der Waals surface area contributed by atoms with Crippen molar-refractivity contribution in [2.24, 2.45) is 0 Å². The van der Waals surface area contributed by atoms with Crippen LogP contribution in [0.25, 0.3) is 11.3 Å². The first-order valence-electron chi connectivity index (χ1n) is 11.8. The van der Waals surface area contributed by atoms with Gasteiger partial charge in [-0.15, -0.1) is 0 Å². The number of carbonyl (C=O) groups excluding carboxylic acids is 1. The van der Waals surface area contributed by atoms with Gasteiger partial charge < -0.3 is 24.7 Å². The number of methoxy groups -OCH3 is 1. The number of aryl methyl sites for hydroxylation is 2. The zero-order valence-electron chi connectivity index (χ0n) is 19.9. The first-order chi connectivity index (χ1) is 16.9. The summed E-state index contributed by atoms with van der Waals surface area (Å²) in [6.07, 6.45) is 6.86. The molecule has 35 heavy (non-hydrogen) atoms. The Bertz CT molecular complexity index is 1460. The van der Waals surface area contributed by atoms with E-state index in [0.717, 1.165) is 25.2 Å². The standard InChI is InChI=1S/C24H27FN8O2/c1-13-10-32-12-17(21(35-3)20(25)23(32)26-13)29-24(34)19-7-6-18(22-27-14(2)30-33(19)22)31-9-8-16(11-31)28-15-4-5-15/h6-7,10,12,15-16,28H,4-5,8-9,11H2,1-3H3,(H,29,34)/t16-/m0/s1. The fraction of sp³-hybridized carbons (Fsp3) is 0.417. The van der Waals surface area contributed by atoms with Crippen molar-refractivity contribution >= 4 is 28.6 Å². The molecular weight excluding hydrogens is 451 g/mol. The summed E-state index contributed by atoms with van der Waals surface area (Å²) in [5.41, 5.74) is 2.85. The third-order valence-corrected chi connectivity index (χ3v) is 6.59. The number of hydrogen-bond donors (Lipinski definition) is 2. The maximum atomic E-state index is 15.0. The Labute approximate surface area is 201 Å². The molecule has 11 heteroatoms. The number of anilines is 2. The number of aromatic nitrogens is 5. The van der Waals surface area contributed by atoms with Crippen LogP contribution in [0.2, 0.25) is 0 Å². The van der Waals surface area contributed by atoms with Crippen molar-refractivity contribution in [1.82, 2.24) is 29.3 Å². The molecule has 0 spiro atoms. The summed E-state index contributed by atoms with van der Waals surface area (Å²) in [5.74, 6) is -0.600. The van der Waals surface area contributed by atoms with Gasteiger partial charge in [-0.05, 0) is 45.2 Å². The minimum absolute atomic E-state index is 0.0784. The van der Waals surface area contributed by atoms with Gasteiger partial charge in [0.25, 0.3) is 5.91 Å². The second-order valence-electron chi connectivity index (χ2n) is 9.33. The highest BCUT2D eigenvalue weighted by atomic mass is 19.1. The molecule has 1 atom stereocenters. The lowest BCUT2D eigenvalue weighted by Crippen LogP contribution is -2.34. The van der Waals surface area contributed by atoms with Gasteiger partial charge in [-0.1, -0.05) is 0 Å². The summed E-state index contributed by atoms with van der Waals surface area (Å²) < 4.78 is 23.3. The smallest absolute Gasteiger partial charge is 0.274 e. The molecule has 4 aromatic rings. The third kappa shape index (κ3) is 3.85. The number of amides is 1. The van der Waals surface area contributed by atoms with Crippen LogP contribution in [0, 0.1) is 19.7 Å². The second-order valence-corrected chi connectivity index (χ2v) is 9.33. The molecule has 5 heterocycles. The van der Waals surface area contributed by atoms with Gasteiger partial charge in [0.15, 0.2) is 17.0 Å². The Kier molecular flexibility index (Phi) is 5.10. The Hall–Kier alpha value is -3.73. The fourth-order valence-electron chi connectivity index (χ4n) is 4.84. The van der Waals surface area contributed by atoms with Crippen LogP contribution >= 0.6 is 0 Å². The lowest BCUT2D eigenvalue weighted by atomic mass is 10.2. The highest BCUT2D eigenvalue weighted by Gasteiger charge is 2.31. The topological polar surface area (TPSA) is 101 Å². The third-order valence-electron chi connectivity index (χ3n) is 6.59. The van der Waals surface area contributed by atoms with E-state index in [0.29, 0.717) is 34.9 Å². The fourth-order valence-corrected chi connectivity index (χ4v) is 4.84. The van der Waals surface area contributed by atoms with Gasteiger partial charge in [0.05, 0.1) is 18.5 Å². The lowest BCUT2D eigenvalue weighted by Gasteiger charge is -2.20. The SMILES string of the molecule is COc1c(NC(=O)c2ccc(N3CC[C@H](NC4CC4)C3)c3nc(C)nn23)cn2cc(C)nc2c1F. The van der Waals surface area contributed by atoms with Crippen LogP contribution in [-0.4, -0.2) is 62.2 Å². The summed E-state index contributed by atoms with van der Waals surface area (Å²) in [7, 11) is 1.36. The molecule has 6 rings (SSSR count). The predicted octanol–water partition coefficient (Wildman–Crippen LogP) is 2.72. The second kappa shape index (κ2) is 8.19. The number of rotatable bonds is 6. The van der Waals surface area contributed by atoms with Gasteiger partial charge in [-0.25, -0.2) is 14.5 Å². The van der Waals surface area contributed by atoms with Crippen LogP contribution in [0.4, 0.5) is 15.8 Å². The van der Waals surface area contributed by atoms with Crippen molar-refractivity contribution in [3.8, 4) is 5.75 Å². The predicted molar refractivity (Wildman–Crippen MR) is 129 cm³/mol. The zero-order chi connectivity index (χ0) is 24.3. The van der Waals surface area contributed by atoms with Gasteiger partial charge in [0, 0.05) is 37.6 Å². The van der Waals surface area contributed by atoms with E-state index in [4.69, 9.17) is 4.74 Å². The summed E-state index contributed by atoms with van der Waals surface area (Å²) >= 11 is 0. The number of nitrogens with zero attached hydrogens (tertiary/aromatic N) is 6. The molecule has 1 saturated heterocycles. The van der Waals surface area contributed by atoms with Crippen molar-refractivity contribution in [3.63, 3.8) is 0 Å². The van der Waals surface area contributed by atoms with Crippen molar-refractivity contribution in [2.75, 3.05) is 30.4 Å². The van der Waals surface area contributed by atoms with E-state index >= 15 is 0 Å². The van der Waals surface area contributed by atoms with Crippen LogP contribution in [0.15, 0.2) is 24.5 Å². The highest BCUT2D eigenvalue weighted by Crippen LogP contribution is 2.32. The molecule has 10 nitrogen and oxygen atoms in total. The number of ether oxygens (including phenoxy) is 1. The van der Waals surface area contributed by atoms with E-state index in [1.807, 2.05) is 6.07 Å². The van der Waals surface area contributed by atoms with Gasteiger partial charge in [0.1, 0.15) is 17.2 Å². The van der Waals surface area contributed by atoms with Crippen molar-refractivity contribution < 1.29 is 13.9 Å². The Balaban J connectivity index is 1.32. The molecule has 2 aliphatic rings. The normalized spacial score (nSPS) is 18.1. The summed E-state index contributed by atoms with van der Waals surface area (Å²) in [6, 6.07) is 4.76. The number of imidazole rings is 1. The molecule has 0 aromatic carbocycles. The number of halogens is 1. The first kappa shape index (κ1) is 21.8. The Morgan fingerprint density at radius 2 is 1.94 bits per heavy atom. The molecule has 0 bridgehead atoms. The van der Waals surface area contributed by atoms with Crippen LogP contribution in [0.1, 0.15) is 41.3 Å². The van der Waals surface area contributed by atoms with Crippen molar-refractivity contribution in [1.29, 1.82) is 0 Å². The lowest BCUT2D eigenvalue weighted by molar-refractivity contribution is 0.101. The molecule has 0 radical (unpaired) electrons. The zero-order valence-corrected chi connectivity index (χ0v) is 19.9. The van der Waals surface area contributed by atoms with Crippen molar-refractivity contribution in [2.45, 2.75) is 45.2 Å². The minimum atomic E-state index is -0.640. The summed E-state index contributed by atoms with van der Waals surface area (Å²) in [5, 5.41) is 11.0. The molecule has 182 valence electrons. The van der Waals surface area contributed by atoms with Gasteiger partial charge in [0.2, 0.25) is 5.82 Å². The molecular formula is C24H27FN8O2. The van der Waals surface area contributed by atoms with Crippen LogP contribution in [-0.2, 0) is 0 Å². The maximum absolute atomic E-state index is 15.0. The van der Waals surface area contributed by atoms with Crippen molar-refractivity contribution in [3.05, 3.63) is 47.6 Å². The average Bonchev–Trinajstić information content (AvgIpc) is 3.18. The van der Waals surface area contributed by atoms with E-state index in [-0.39, 0.29) is 17.1 Å². The van der Waals surface area contributed by atoms with Gasteiger partial charge in [-0.2, -0.15) is 9.49 Å². The Morgan fingerprint density at radius 3 is 2.71 bits per heavy atom. The molecule has 1 aliphatic heterocycles. The monoisotopic (exact) mass is 478 g/mol. The Morgan fingerprint density at radius 1 is 1.11 bits per heavy atom. The van der Waals surface area contributed by atoms with Gasteiger partial charge >= 0.3 is 0 Å². The summed E-state index contributed by atoms with van der Waals surface area (Å²) in [4.78, 5) is 24.4. The number of nitrogens with one attached hydrogen (secondary N) is 2. The van der Waals surface area contributed by atoms with E-state index in [1.54, 1.807) is 36.8 Å². The van der Waals surface area contributed by atoms with E-state index in [1.165, 1.54) is 24.4 Å². The van der Waals surface area contributed by atoms with Crippen LogP contribution < -0.4 is 20.3 Å². The van der Waals surface area contributed by atoms with E-state index in [2.05, 4.69) is 30.6 Å². The van der Waals surface area contributed by atoms with Crippen LogP contribution in [0.3, 0.4) is 0 Å². The van der Waals surface area contributed by atoms with E-state index in [9.17, 15) is 9.18 Å². The number of carbonyl (C=O) groups is 1. The molecule has 4 aromatic heterocycles. The largest absolute Gasteiger partial charge is 0.491 e. The molecule has 0 unspecified atom stereocenters. The number of hydrogen-bond acceptors (Lipinski definition) is 7. The molecule has 2 fully saturated rings. The molecule has 1 aliphatic carbocycles. The van der Waals surface area contributed by atoms with Crippen LogP contribution in [0.5, 0.6) is 5.75 Å². The first-order valence-corrected chi connectivity index (χ1v) is 11.8. The maximum Gasteiger partial charge on any atom is 0.274 e. The minimum Gasteiger partial charge on any atom is -0.491 e. The van der Waals surface area contributed by atoms with E-state index < -0.39 is 11.7 Å². The quantitative estimate of drug-likeness (QED) is 0.439. The molecule has 2 N–H and O–H groups in total.